The van der Waals surface area contributed by atoms with E-state index in [-0.39, 0.29) is 11.8 Å². The Labute approximate surface area is 79.3 Å². The van der Waals surface area contributed by atoms with E-state index in [1.807, 2.05) is 0 Å². The lowest BCUT2D eigenvalue weighted by molar-refractivity contribution is -0.124. The number of nitrogens with zero attached hydrogens (tertiary/aromatic N) is 1. The Hall–Kier alpha value is -0.570. The van der Waals surface area contributed by atoms with Crippen molar-refractivity contribution >= 4 is 5.91 Å². The average Bonchev–Trinajstić information content (AvgIpc) is 2.03. The summed E-state index contributed by atoms with van der Waals surface area (Å²) in [4.78, 5) is 13.3. The topological polar surface area (TPSA) is 46.3 Å². The quantitative estimate of drug-likeness (QED) is 0.645. The predicted octanol–water partition coefficient (Wildman–Crippen LogP) is 0.594. The zero-order valence-electron chi connectivity index (χ0n) is 8.25. The van der Waals surface area contributed by atoms with Gasteiger partial charge in [0.05, 0.1) is 0 Å². The maximum absolute atomic E-state index is 10.9. The molecule has 1 spiro atoms. The van der Waals surface area contributed by atoms with E-state index in [4.69, 9.17) is 5.73 Å². The minimum Gasteiger partial charge on any atom is -0.369 e. The fourth-order valence-corrected chi connectivity index (χ4v) is 2.93. The number of hydrogen-bond acceptors (Lipinski definition) is 2. The van der Waals surface area contributed by atoms with E-state index < -0.39 is 0 Å². The van der Waals surface area contributed by atoms with Gasteiger partial charge < -0.3 is 10.6 Å². The molecule has 2 N–H and O–H groups in total. The Morgan fingerprint density at radius 3 is 2.31 bits per heavy atom. The van der Waals surface area contributed by atoms with Crippen LogP contribution >= 0.6 is 0 Å². The van der Waals surface area contributed by atoms with Crippen LogP contribution in [0.3, 0.4) is 0 Å². The number of rotatable bonds is 1. The number of amides is 1. The third-order valence-electron chi connectivity index (χ3n) is 3.66. The number of primary amides is 1. The van der Waals surface area contributed by atoms with Crippen LogP contribution in [-0.2, 0) is 4.79 Å². The van der Waals surface area contributed by atoms with Crippen molar-refractivity contribution in [3.8, 4) is 0 Å². The van der Waals surface area contributed by atoms with Gasteiger partial charge in [0.2, 0.25) is 5.91 Å². The first kappa shape index (κ1) is 9.00. The molecular formula is C10H18N2O. The standard InChI is InChI=1S/C10H18N2O/c1-12-6-10(7-12)4-2-8(3-5-10)9(11)13/h8H,2-7H2,1H3,(H2,11,13). The van der Waals surface area contributed by atoms with Gasteiger partial charge in [0.25, 0.3) is 0 Å². The van der Waals surface area contributed by atoms with Crippen LogP contribution in [-0.4, -0.2) is 30.9 Å². The maximum Gasteiger partial charge on any atom is 0.220 e. The number of carbonyl (C=O) groups is 1. The van der Waals surface area contributed by atoms with Crippen LogP contribution in [0.2, 0.25) is 0 Å². The zero-order valence-corrected chi connectivity index (χ0v) is 8.25. The second kappa shape index (κ2) is 2.98. The number of likely N-dealkylation sites (tertiary alicyclic amines) is 1. The second-order valence-corrected chi connectivity index (χ2v) is 4.85. The summed E-state index contributed by atoms with van der Waals surface area (Å²) in [5.41, 5.74) is 5.85. The fourth-order valence-electron chi connectivity index (χ4n) is 2.93. The lowest BCUT2D eigenvalue weighted by Crippen LogP contribution is -2.56. The van der Waals surface area contributed by atoms with Crippen LogP contribution < -0.4 is 5.73 Å². The fraction of sp³-hybridized carbons (Fsp3) is 0.900. The second-order valence-electron chi connectivity index (χ2n) is 4.85. The van der Waals surface area contributed by atoms with Crippen LogP contribution in [0.15, 0.2) is 0 Å². The molecule has 2 rings (SSSR count). The Morgan fingerprint density at radius 2 is 1.92 bits per heavy atom. The summed E-state index contributed by atoms with van der Waals surface area (Å²) in [7, 11) is 2.16. The van der Waals surface area contributed by atoms with E-state index >= 15 is 0 Å². The molecule has 13 heavy (non-hydrogen) atoms. The summed E-state index contributed by atoms with van der Waals surface area (Å²) < 4.78 is 0. The molecule has 1 saturated carbocycles. The van der Waals surface area contributed by atoms with Gasteiger partial charge in [0.1, 0.15) is 0 Å². The van der Waals surface area contributed by atoms with Gasteiger partial charge in [-0.2, -0.15) is 0 Å². The number of hydrogen-bond donors (Lipinski definition) is 1. The van der Waals surface area contributed by atoms with Crippen molar-refractivity contribution < 1.29 is 4.79 Å². The van der Waals surface area contributed by atoms with Gasteiger partial charge in [-0.15, -0.1) is 0 Å². The molecule has 3 heteroatoms. The van der Waals surface area contributed by atoms with Crippen LogP contribution in [0.4, 0.5) is 0 Å². The predicted molar refractivity (Wildman–Crippen MR) is 51.1 cm³/mol. The molecule has 1 amide bonds. The first-order valence-corrected chi connectivity index (χ1v) is 5.09. The average molecular weight is 182 g/mol. The SMILES string of the molecule is CN1CC2(CCC(C(N)=O)CC2)C1. The largest absolute Gasteiger partial charge is 0.369 e. The summed E-state index contributed by atoms with van der Waals surface area (Å²) in [6, 6.07) is 0. The van der Waals surface area contributed by atoms with Gasteiger partial charge in [-0.25, -0.2) is 0 Å². The highest BCUT2D eigenvalue weighted by Gasteiger charge is 2.44. The van der Waals surface area contributed by atoms with Crippen molar-refractivity contribution in [1.29, 1.82) is 0 Å². The summed E-state index contributed by atoms with van der Waals surface area (Å²) in [6.07, 6.45) is 4.43. The minimum absolute atomic E-state index is 0.0949. The third-order valence-corrected chi connectivity index (χ3v) is 3.66. The van der Waals surface area contributed by atoms with E-state index in [0.29, 0.717) is 5.41 Å². The maximum atomic E-state index is 10.9. The molecule has 0 aromatic carbocycles. The van der Waals surface area contributed by atoms with Crippen molar-refractivity contribution in [2.45, 2.75) is 25.7 Å². The normalized spacial score (nSPS) is 28.7. The summed E-state index contributed by atoms with van der Waals surface area (Å²) in [6.45, 7) is 2.44. The van der Waals surface area contributed by atoms with Crippen LogP contribution in [0, 0.1) is 11.3 Å². The molecule has 1 aliphatic carbocycles. The molecule has 0 radical (unpaired) electrons. The van der Waals surface area contributed by atoms with E-state index in [9.17, 15) is 4.79 Å². The molecule has 0 unspecified atom stereocenters. The van der Waals surface area contributed by atoms with E-state index in [1.54, 1.807) is 0 Å². The van der Waals surface area contributed by atoms with Crippen LogP contribution in [0.1, 0.15) is 25.7 Å². The van der Waals surface area contributed by atoms with E-state index in [1.165, 1.54) is 25.9 Å². The van der Waals surface area contributed by atoms with Gasteiger partial charge in [0.15, 0.2) is 0 Å². The van der Waals surface area contributed by atoms with Crippen molar-refractivity contribution in [3.05, 3.63) is 0 Å². The molecule has 1 aliphatic heterocycles. The molecule has 0 aromatic rings. The van der Waals surface area contributed by atoms with Crippen molar-refractivity contribution in [2.75, 3.05) is 20.1 Å². The van der Waals surface area contributed by atoms with Crippen LogP contribution in [0.5, 0.6) is 0 Å². The highest BCUT2D eigenvalue weighted by molar-refractivity contribution is 5.76. The number of carbonyl (C=O) groups excluding carboxylic acids is 1. The summed E-state index contributed by atoms with van der Waals surface area (Å²) in [5, 5.41) is 0. The molecule has 3 nitrogen and oxygen atoms in total. The number of nitrogens with two attached hydrogens (primary N) is 1. The molecule has 1 heterocycles. The zero-order chi connectivity index (χ0) is 9.47. The monoisotopic (exact) mass is 182 g/mol. The van der Waals surface area contributed by atoms with Gasteiger partial charge in [-0.3, -0.25) is 4.79 Å². The summed E-state index contributed by atoms with van der Waals surface area (Å²) >= 11 is 0. The minimum atomic E-state index is -0.0949. The molecule has 74 valence electrons. The molecule has 0 bridgehead atoms. The lowest BCUT2D eigenvalue weighted by atomic mass is 9.66. The molecule has 0 atom stereocenters. The highest BCUT2D eigenvalue weighted by atomic mass is 16.1. The molecule has 0 aromatic heterocycles. The van der Waals surface area contributed by atoms with E-state index in [2.05, 4.69) is 11.9 Å². The smallest absolute Gasteiger partial charge is 0.220 e. The van der Waals surface area contributed by atoms with Gasteiger partial charge >= 0.3 is 0 Å². The van der Waals surface area contributed by atoms with Crippen molar-refractivity contribution in [1.82, 2.24) is 4.90 Å². The Balaban J connectivity index is 1.86. The molecular weight excluding hydrogens is 164 g/mol. The van der Waals surface area contributed by atoms with Gasteiger partial charge in [-0.1, -0.05) is 0 Å². The van der Waals surface area contributed by atoms with Crippen molar-refractivity contribution in [2.24, 2.45) is 17.1 Å². The third kappa shape index (κ3) is 1.57. The molecule has 2 aliphatic rings. The van der Waals surface area contributed by atoms with Crippen LogP contribution in [0.25, 0.3) is 0 Å². The summed E-state index contributed by atoms with van der Waals surface area (Å²) in [5.74, 6) is 0.0686. The van der Waals surface area contributed by atoms with Gasteiger partial charge in [-0.05, 0) is 38.1 Å². The Kier molecular flexibility index (Phi) is 2.06. The molecule has 1 saturated heterocycles. The lowest BCUT2D eigenvalue weighted by Gasteiger charge is -2.52. The Morgan fingerprint density at radius 1 is 1.38 bits per heavy atom. The first-order valence-electron chi connectivity index (χ1n) is 5.09. The Bertz CT molecular complexity index is 211. The molecule has 2 fully saturated rings. The van der Waals surface area contributed by atoms with Gasteiger partial charge in [0, 0.05) is 19.0 Å². The first-order chi connectivity index (χ1) is 6.11. The highest BCUT2D eigenvalue weighted by Crippen LogP contribution is 2.44. The van der Waals surface area contributed by atoms with Crippen molar-refractivity contribution in [3.63, 3.8) is 0 Å². The van der Waals surface area contributed by atoms with E-state index in [0.717, 1.165) is 12.8 Å².